The molecular formula is C11H21N. The van der Waals surface area contributed by atoms with Crippen molar-refractivity contribution in [3.8, 4) is 0 Å². The van der Waals surface area contributed by atoms with Crippen molar-refractivity contribution in [2.45, 2.75) is 32.6 Å². The van der Waals surface area contributed by atoms with E-state index in [1.807, 2.05) is 0 Å². The van der Waals surface area contributed by atoms with E-state index in [4.69, 9.17) is 0 Å². The van der Waals surface area contributed by atoms with Gasteiger partial charge in [0.2, 0.25) is 0 Å². The molecule has 0 aromatic heterocycles. The number of nitrogens with one attached hydrogen (secondary N) is 1. The van der Waals surface area contributed by atoms with Gasteiger partial charge in [-0.25, -0.2) is 0 Å². The molecule has 0 amide bonds. The molecule has 0 saturated heterocycles. The fourth-order valence-electron chi connectivity index (χ4n) is 2.49. The molecule has 0 spiro atoms. The van der Waals surface area contributed by atoms with E-state index in [-0.39, 0.29) is 0 Å². The molecule has 0 aromatic carbocycles. The summed E-state index contributed by atoms with van der Waals surface area (Å²) in [7, 11) is 2.06. The first kappa shape index (κ1) is 8.55. The second-order valence-electron chi connectivity index (χ2n) is 4.87. The lowest BCUT2D eigenvalue weighted by Gasteiger charge is -2.09. The highest BCUT2D eigenvalue weighted by Crippen LogP contribution is 2.51. The third-order valence-electron chi connectivity index (χ3n) is 3.57. The van der Waals surface area contributed by atoms with Gasteiger partial charge < -0.3 is 5.32 Å². The minimum absolute atomic E-state index is 0.916. The summed E-state index contributed by atoms with van der Waals surface area (Å²) < 4.78 is 0. The Morgan fingerprint density at radius 2 is 2.17 bits per heavy atom. The molecule has 0 heterocycles. The highest BCUT2D eigenvalue weighted by Gasteiger charge is 2.43. The summed E-state index contributed by atoms with van der Waals surface area (Å²) in [5.74, 6) is 4.24. The Bertz CT molecular complexity index is 151. The summed E-state index contributed by atoms with van der Waals surface area (Å²) in [4.78, 5) is 0. The standard InChI is InChI=1S/C11H21N/c1-8(7-12-2)11-6-10(11)5-9-3-4-9/h8-12H,3-7H2,1-2H3/t8-,10?,11?/m1/s1. The predicted octanol–water partition coefficient (Wildman–Crippen LogP) is 2.28. The highest BCUT2D eigenvalue weighted by atomic mass is 14.8. The molecule has 12 heavy (non-hydrogen) atoms. The van der Waals surface area contributed by atoms with Crippen molar-refractivity contribution in [1.29, 1.82) is 0 Å². The van der Waals surface area contributed by atoms with Gasteiger partial charge in [-0.05, 0) is 50.1 Å². The van der Waals surface area contributed by atoms with E-state index in [9.17, 15) is 0 Å². The van der Waals surface area contributed by atoms with Crippen LogP contribution in [0.4, 0.5) is 0 Å². The van der Waals surface area contributed by atoms with Gasteiger partial charge >= 0.3 is 0 Å². The molecule has 0 aromatic rings. The molecular weight excluding hydrogens is 146 g/mol. The average Bonchev–Trinajstić information content (AvgIpc) is 2.86. The first-order valence-electron chi connectivity index (χ1n) is 5.46. The van der Waals surface area contributed by atoms with Crippen molar-refractivity contribution in [3.63, 3.8) is 0 Å². The van der Waals surface area contributed by atoms with E-state index >= 15 is 0 Å². The maximum absolute atomic E-state index is 3.28. The van der Waals surface area contributed by atoms with Gasteiger partial charge in [-0.1, -0.05) is 19.8 Å². The maximum atomic E-state index is 3.28. The lowest BCUT2D eigenvalue weighted by molar-refractivity contribution is 0.439. The van der Waals surface area contributed by atoms with Crippen LogP contribution in [0.5, 0.6) is 0 Å². The second kappa shape index (κ2) is 3.37. The molecule has 2 fully saturated rings. The minimum atomic E-state index is 0.916. The quantitative estimate of drug-likeness (QED) is 0.662. The van der Waals surface area contributed by atoms with E-state index in [0.29, 0.717) is 0 Å². The molecule has 2 unspecified atom stereocenters. The van der Waals surface area contributed by atoms with Crippen LogP contribution in [0.3, 0.4) is 0 Å². The second-order valence-corrected chi connectivity index (χ2v) is 4.87. The van der Waals surface area contributed by atoms with E-state index in [0.717, 1.165) is 23.7 Å². The maximum Gasteiger partial charge on any atom is -0.00234 e. The Morgan fingerprint density at radius 1 is 1.42 bits per heavy atom. The topological polar surface area (TPSA) is 12.0 Å². The van der Waals surface area contributed by atoms with Crippen molar-refractivity contribution in [1.82, 2.24) is 5.32 Å². The lowest BCUT2D eigenvalue weighted by atomic mass is 10.0. The molecule has 1 N–H and O–H groups in total. The lowest BCUT2D eigenvalue weighted by Crippen LogP contribution is -2.18. The first-order chi connectivity index (χ1) is 5.81. The normalized spacial score (nSPS) is 36.5. The molecule has 0 radical (unpaired) electrons. The van der Waals surface area contributed by atoms with Crippen molar-refractivity contribution in [3.05, 3.63) is 0 Å². The average molecular weight is 167 g/mol. The molecule has 0 aliphatic heterocycles. The summed E-state index contributed by atoms with van der Waals surface area (Å²) in [5, 5.41) is 3.28. The molecule has 1 heteroatoms. The van der Waals surface area contributed by atoms with Gasteiger partial charge in [-0.3, -0.25) is 0 Å². The highest BCUT2D eigenvalue weighted by molar-refractivity contribution is 4.93. The molecule has 2 aliphatic carbocycles. The van der Waals surface area contributed by atoms with Crippen LogP contribution in [0.25, 0.3) is 0 Å². The molecule has 0 bridgehead atoms. The van der Waals surface area contributed by atoms with Crippen molar-refractivity contribution < 1.29 is 0 Å². The zero-order valence-electron chi connectivity index (χ0n) is 8.34. The summed E-state index contributed by atoms with van der Waals surface area (Å²) in [5.41, 5.74) is 0. The van der Waals surface area contributed by atoms with Crippen molar-refractivity contribution >= 4 is 0 Å². The monoisotopic (exact) mass is 167 g/mol. The van der Waals surface area contributed by atoms with Gasteiger partial charge in [0.1, 0.15) is 0 Å². The van der Waals surface area contributed by atoms with Crippen LogP contribution >= 0.6 is 0 Å². The van der Waals surface area contributed by atoms with Crippen LogP contribution < -0.4 is 5.32 Å². The molecule has 2 saturated carbocycles. The Labute approximate surface area is 75.9 Å². The number of hydrogen-bond acceptors (Lipinski definition) is 1. The Hall–Kier alpha value is -0.0400. The van der Waals surface area contributed by atoms with Crippen molar-refractivity contribution in [2.24, 2.45) is 23.7 Å². The summed E-state index contributed by atoms with van der Waals surface area (Å²) in [6, 6.07) is 0. The third-order valence-corrected chi connectivity index (χ3v) is 3.57. The summed E-state index contributed by atoms with van der Waals surface area (Å²) >= 11 is 0. The smallest absolute Gasteiger partial charge is 0.00234 e. The van der Waals surface area contributed by atoms with Crippen LogP contribution in [0.15, 0.2) is 0 Å². The van der Waals surface area contributed by atoms with E-state index in [2.05, 4.69) is 19.3 Å². The fraction of sp³-hybridized carbons (Fsp3) is 1.00. The molecule has 70 valence electrons. The van der Waals surface area contributed by atoms with Gasteiger partial charge in [0, 0.05) is 0 Å². The zero-order chi connectivity index (χ0) is 8.55. The van der Waals surface area contributed by atoms with Crippen LogP contribution in [-0.2, 0) is 0 Å². The summed E-state index contributed by atoms with van der Waals surface area (Å²) in [6.07, 6.45) is 6.14. The van der Waals surface area contributed by atoms with Gasteiger partial charge in [-0.2, -0.15) is 0 Å². The SMILES string of the molecule is CNC[C@@H](C)C1CC1CC1CC1. The largest absolute Gasteiger partial charge is 0.319 e. The first-order valence-corrected chi connectivity index (χ1v) is 5.46. The minimum Gasteiger partial charge on any atom is -0.319 e. The molecule has 2 aliphatic rings. The zero-order valence-corrected chi connectivity index (χ0v) is 8.34. The molecule has 1 nitrogen and oxygen atoms in total. The van der Waals surface area contributed by atoms with E-state index in [1.165, 1.54) is 25.8 Å². The fourth-order valence-corrected chi connectivity index (χ4v) is 2.49. The van der Waals surface area contributed by atoms with Gasteiger partial charge in [0.05, 0.1) is 0 Å². The van der Waals surface area contributed by atoms with E-state index in [1.54, 1.807) is 6.42 Å². The Kier molecular flexibility index (Phi) is 2.40. The van der Waals surface area contributed by atoms with Crippen LogP contribution in [-0.4, -0.2) is 13.6 Å². The number of hydrogen-bond donors (Lipinski definition) is 1. The molecule has 3 atom stereocenters. The summed E-state index contributed by atoms with van der Waals surface area (Å²) in [6.45, 7) is 3.61. The van der Waals surface area contributed by atoms with Crippen LogP contribution in [0.1, 0.15) is 32.6 Å². The predicted molar refractivity (Wildman–Crippen MR) is 52.0 cm³/mol. The Morgan fingerprint density at radius 3 is 2.75 bits per heavy atom. The Balaban J connectivity index is 1.64. The van der Waals surface area contributed by atoms with Crippen LogP contribution in [0, 0.1) is 23.7 Å². The van der Waals surface area contributed by atoms with Gasteiger partial charge in [0.25, 0.3) is 0 Å². The molecule has 2 rings (SSSR count). The van der Waals surface area contributed by atoms with Gasteiger partial charge in [-0.15, -0.1) is 0 Å². The van der Waals surface area contributed by atoms with E-state index < -0.39 is 0 Å². The number of rotatable bonds is 5. The third kappa shape index (κ3) is 2.01. The van der Waals surface area contributed by atoms with Crippen LogP contribution in [0.2, 0.25) is 0 Å². The van der Waals surface area contributed by atoms with Crippen molar-refractivity contribution in [2.75, 3.05) is 13.6 Å². The van der Waals surface area contributed by atoms with Gasteiger partial charge in [0.15, 0.2) is 0 Å².